The number of urea groups is 1. The number of fused-ring (bicyclic) bond motifs is 1. The SMILES string of the molecule is Cc1ccc2ccccc2c1NC(=O)NC1CCNCC1O. The number of hydrogen-bond acceptors (Lipinski definition) is 3. The molecule has 0 radical (unpaired) electrons. The van der Waals surface area contributed by atoms with E-state index in [1.54, 1.807) is 0 Å². The molecule has 5 nitrogen and oxygen atoms in total. The summed E-state index contributed by atoms with van der Waals surface area (Å²) in [6, 6.07) is 11.5. The highest BCUT2D eigenvalue weighted by molar-refractivity contribution is 6.03. The van der Waals surface area contributed by atoms with Gasteiger partial charge in [0.05, 0.1) is 17.8 Å². The van der Waals surface area contributed by atoms with E-state index < -0.39 is 6.10 Å². The van der Waals surface area contributed by atoms with E-state index in [9.17, 15) is 9.90 Å². The van der Waals surface area contributed by atoms with Gasteiger partial charge in [0, 0.05) is 11.9 Å². The quantitative estimate of drug-likeness (QED) is 0.685. The summed E-state index contributed by atoms with van der Waals surface area (Å²) in [6.45, 7) is 3.29. The second kappa shape index (κ2) is 6.34. The van der Waals surface area contributed by atoms with Gasteiger partial charge in [-0.05, 0) is 30.8 Å². The van der Waals surface area contributed by atoms with Gasteiger partial charge in [-0.3, -0.25) is 0 Å². The third kappa shape index (κ3) is 3.05. The van der Waals surface area contributed by atoms with Crippen molar-refractivity contribution in [3.05, 3.63) is 42.0 Å². The molecule has 0 bridgehead atoms. The van der Waals surface area contributed by atoms with Crippen LogP contribution in [0.3, 0.4) is 0 Å². The van der Waals surface area contributed by atoms with Crippen molar-refractivity contribution in [1.29, 1.82) is 0 Å². The smallest absolute Gasteiger partial charge is 0.319 e. The molecule has 1 heterocycles. The third-order valence-electron chi connectivity index (χ3n) is 4.14. The van der Waals surface area contributed by atoms with Crippen LogP contribution < -0.4 is 16.0 Å². The zero-order valence-electron chi connectivity index (χ0n) is 12.6. The highest BCUT2D eigenvalue weighted by Crippen LogP contribution is 2.26. The number of hydrogen-bond donors (Lipinski definition) is 4. The van der Waals surface area contributed by atoms with Crippen LogP contribution in [0, 0.1) is 6.92 Å². The van der Waals surface area contributed by atoms with Crippen LogP contribution in [-0.4, -0.2) is 36.4 Å². The predicted molar refractivity (Wildman–Crippen MR) is 88.1 cm³/mol. The Morgan fingerprint density at radius 1 is 1.27 bits per heavy atom. The van der Waals surface area contributed by atoms with Crippen LogP contribution in [0.5, 0.6) is 0 Å². The lowest BCUT2D eigenvalue weighted by Crippen LogP contribution is -2.53. The number of rotatable bonds is 2. The van der Waals surface area contributed by atoms with Gasteiger partial charge in [0.15, 0.2) is 0 Å². The largest absolute Gasteiger partial charge is 0.390 e. The molecule has 1 saturated heterocycles. The number of benzene rings is 2. The second-order valence-corrected chi connectivity index (χ2v) is 5.74. The van der Waals surface area contributed by atoms with Crippen LogP contribution >= 0.6 is 0 Å². The van der Waals surface area contributed by atoms with Gasteiger partial charge in [-0.1, -0.05) is 36.4 Å². The van der Waals surface area contributed by atoms with Crippen LogP contribution in [-0.2, 0) is 0 Å². The molecule has 2 atom stereocenters. The van der Waals surface area contributed by atoms with E-state index in [2.05, 4.69) is 16.0 Å². The summed E-state index contributed by atoms with van der Waals surface area (Å²) in [4.78, 5) is 12.3. The van der Waals surface area contributed by atoms with Crippen molar-refractivity contribution in [2.75, 3.05) is 18.4 Å². The summed E-state index contributed by atoms with van der Waals surface area (Å²) in [7, 11) is 0. The minimum absolute atomic E-state index is 0.212. The molecular formula is C17H21N3O2. The maximum absolute atomic E-state index is 12.3. The first-order valence-electron chi connectivity index (χ1n) is 7.60. The van der Waals surface area contributed by atoms with Crippen molar-refractivity contribution >= 4 is 22.5 Å². The topological polar surface area (TPSA) is 73.4 Å². The molecule has 4 N–H and O–H groups in total. The molecule has 2 aromatic carbocycles. The summed E-state index contributed by atoms with van der Waals surface area (Å²) >= 11 is 0. The molecule has 0 spiro atoms. The molecule has 2 amide bonds. The summed E-state index contributed by atoms with van der Waals surface area (Å²) in [5.41, 5.74) is 1.83. The molecular weight excluding hydrogens is 278 g/mol. The van der Waals surface area contributed by atoms with Crippen LogP contribution in [0.15, 0.2) is 36.4 Å². The monoisotopic (exact) mass is 299 g/mol. The molecule has 0 aliphatic carbocycles. The first-order valence-corrected chi connectivity index (χ1v) is 7.60. The lowest BCUT2D eigenvalue weighted by molar-refractivity contribution is 0.107. The minimum atomic E-state index is -0.548. The van der Waals surface area contributed by atoms with Gasteiger partial charge in [-0.2, -0.15) is 0 Å². The molecule has 2 aromatic rings. The average molecular weight is 299 g/mol. The van der Waals surface area contributed by atoms with E-state index >= 15 is 0 Å². The van der Waals surface area contributed by atoms with Crippen molar-refractivity contribution in [2.45, 2.75) is 25.5 Å². The summed E-state index contributed by atoms with van der Waals surface area (Å²) in [5.74, 6) is 0. The number of carbonyl (C=O) groups is 1. The molecule has 3 rings (SSSR count). The molecule has 2 unspecified atom stereocenters. The Bertz CT molecular complexity index is 687. The van der Waals surface area contributed by atoms with Crippen LogP contribution in [0.25, 0.3) is 10.8 Å². The molecule has 5 heteroatoms. The number of β-amino-alcohol motifs (C(OH)–C–C–N with tert-alkyl or cyclic N) is 1. The molecule has 1 aliphatic rings. The maximum Gasteiger partial charge on any atom is 0.319 e. The van der Waals surface area contributed by atoms with Gasteiger partial charge in [0.25, 0.3) is 0 Å². The van der Waals surface area contributed by atoms with E-state index in [0.717, 1.165) is 35.0 Å². The minimum Gasteiger partial charge on any atom is -0.390 e. The van der Waals surface area contributed by atoms with Crippen molar-refractivity contribution in [2.24, 2.45) is 0 Å². The number of anilines is 1. The maximum atomic E-state index is 12.3. The summed E-state index contributed by atoms with van der Waals surface area (Å²) in [5, 5.41) is 20.9. The molecule has 116 valence electrons. The van der Waals surface area contributed by atoms with E-state index in [1.807, 2.05) is 43.3 Å². The number of piperidine rings is 1. The number of nitrogens with one attached hydrogen (secondary N) is 3. The fraction of sp³-hybridized carbons (Fsp3) is 0.353. The molecule has 0 saturated carbocycles. The van der Waals surface area contributed by atoms with Crippen LogP contribution in [0.2, 0.25) is 0 Å². The van der Waals surface area contributed by atoms with Gasteiger partial charge >= 0.3 is 6.03 Å². The Labute approximate surface area is 129 Å². The van der Waals surface area contributed by atoms with Gasteiger partial charge in [-0.25, -0.2) is 4.79 Å². The molecule has 1 fully saturated rings. The Hall–Kier alpha value is -2.11. The molecule has 1 aliphatic heterocycles. The van der Waals surface area contributed by atoms with Gasteiger partial charge in [0.2, 0.25) is 0 Å². The Balaban J connectivity index is 1.78. The van der Waals surface area contributed by atoms with Gasteiger partial charge < -0.3 is 21.1 Å². The van der Waals surface area contributed by atoms with Gasteiger partial charge in [0.1, 0.15) is 0 Å². The number of carbonyl (C=O) groups excluding carboxylic acids is 1. The summed E-state index contributed by atoms with van der Waals surface area (Å²) < 4.78 is 0. The Morgan fingerprint density at radius 3 is 2.91 bits per heavy atom. The Morgan fingerprint density at radius 2 is 2.09 bits per heavy atom. The van der Waals surface area contributed by atoms with E-state index in [-0.39, 0.29) is 12.1 Å². The highest BCUT2D eigenvalue weighted by Gasteiger charge is 2.24. The second-order valence-electron chi connectivity index (χ2n) is 5.74. The zero-order chi connectivity index (χ0) is 15.5. The normalized spacial score (nSPS) is 21.5. The predicted octanol–water partition coefficient (Wildman–Crippen LogP) is 1.99. The van der Waals surface area contributed by atoms with Crippen LogP contribution in [0.1, 0.15) is 12.0 Å². The van der Waals surface area contributed by atoms with Crippen LogP contribution in [0.4, 0.5) is 10.5 Å². The van der Waals surface area contributed by atoms with Crippen molar-refractivity contribution in [1.82, 2.24) is 10.6 Å². The summed E-state index contributed by atoms with van der Waals surface area (Å²) in [6.07, 6.45) is 0.177. The van der Waals surface area contributed by atoms with Crippen molar-refractivity contribution in [3.8, 4) is 0 Å². The number of amides is 2. The molecule has 22 heavy (non-hydrogen) atoms. The first kappa shape index (κ1) is 14.8. The van der Waals surface area contributed by atoms with Gasteiger partial charge in [-0.15, -0.1) is 0 Å². The van der Waals surface area contributed by atoms with E-state index in [4.69, 9.17) is 0 Å². The highest BCUT2D eigenvalue weighted by atomic mass is 16.3. The fourth-order valence-corrected chi connectivity index (χ4v) is 2.87. The molecule has 0 aromatic heterocycles. The zero-order valence-corrected chi connectivity index (χ0v) is 12.6. The number of aryl methyl sites for hydroxylation is 1. The third-order valence-corrected chi connectivity index (χ3v) is 4.14. The first-order chi connectivity index (χ1) is 10.6. The Kier molecular flexibility index (Phi) is 4.27. The number of aliphatic hydroxyl groups excluding tert-OH is 1. The van der Waals surface area contributed by atoms with E-state index in [0.29, 0.717) is 6.54 Å². The standard InChI is InChI=1S/C17H21N3O2/c1-11-6-7-12-4-2-3-5-13(12)16(11)20-17(22)19-14-8-9-18-10-15(14)21/h2-7,14-15,18,21H,8-10H2,1H3,(H2,19,20,22). The van der Waals surface area contributed by atoms with Crippen molar-refractivity contribution in [3.63, 3.8) is 0 Å². The van der Waals surface area contributed by atoms with Crippen molar-refractivity contribution < 1.29 is 9.90 Å². The lowest BCUT2D eigenvalue weighted by atomic mass is 10.0. The number of aliphatic hydroxyl groups is 1. The fourth-order valence-electron chi connectivity index (χ4n) is 2.87. The lowest BCUT2D eigenvalue weighted by Gasteiger charge is -2.29. The van der Waals surface area contributed by atoms with E-state index in [1.165, 1.54) is 0 Å². The average Bonchev–Trinajstić information content (AvgIpc) is 2.52.